The molecule has 5 nitrogen and oxygen atoms in total. The van der Waals surface area contributed by atoms with Gasteiger partial charge < -0.3 is 15.8 Å². The monoisotopic (exact) mass is 153 g/mol. The Labute approximate surface area is 64.1 Å². The van der Waals surface area contributed by atoms with E-state index in [-0.39, 0.29) is 5.59 Å². The first-order chi connectivity index (χ1) is 5.11. The summed E-state index contributed by atoms with van der Waals surface area (Å²) in [4.78, 5) is 7.48. The highest BCUT2D eigenvalue weighted by Gasteiger charge is 2.13. The fraction of sp³-hybridized carbons (Fsp3) is 0.200. The number of aryl methyl sites for hydroxylation is 1. The number of aromatic nitrogens is 2. The van der Waals surface area contributed by atoms with Crippen LogP contribution in [0.3, 0.4) is 0 Å². The Bertz CT molecular complexity index is 266. The van der Waals surface area contributed by atoms with Gasteiger partial charge in [0.25, 0.3) is 0 Å². The average Bonchev–Trinajstić information content (AvgIpc) is 1.94. The molecule has 0 aliphatic rings. The minimum atomic E-state index is -1.58. The highest BCUT2D eigenvalue weighted by atomic mass is 16.4. The zero-order chi connectivity index (χ0) is 8.43. The molecule has 11 heavy (non-hydrogen) atoms. The standard InChI is InChI=1S/C5H8BN3O2/c1-3-5(7)8-2-4(9-3)6(10)11/h2,10-11H,1H3,(H2,7,8). The van der Waals surface area contributed by atoms with E-state index < -0.39 is 7.12 Å². The van der Waals surface area contributed by atoms with Gasteiger partial charge >= 0.3 is 7.12 Å². The van der Waals surface area contributed by atoms with Crippen LogP contribution in [0.15, 0.2) is 6.20 Å². The molecule has 4 N–H and O–H groups in total. The topological polar surface area (TPSA) is 92.3 Å². The first-order valence-corrected chi connectivity index (χ1v) is 3.06. The number of nitrogens with zero attached hydrogens (tertiary/aromatic N) is 2. The van der Waals surface area contributed by atoms with Crippen molar-refractivity contribution in [1.82, 2.24) is 9.97 Å². The van der Waals surface area contributed by atoms with Crippen molar-refractivity contribution in [3.05, 3.63) is 11.9 Å². The minimum absolute atomic E-state index is 0.108. The van der Waals surface area contributed by atoms with Crippen molar-refractivity contribution in [2.45, 2.75) is 6.92 Å². The molecule has 0 saturated heterocycles. The van der Waals surface area contributed by atoms with Gasteiger partial charge in [0.1, 0.15) is 5.82 Å². The zero-order valence-corrected chi connectivity index (χ0v) is 6.02. The Hall–Kier alpha value is -1.14. The van der Waals surface area contributed by atoms with Crippen LogP contribution in [0.2, 0.25) is 0 Å². The van der Waals surface area contributed by atoms with Gasteiger partial charge in [0.2, 0.25) is 0 Å². The lowest BCUT2D eigenvalue weighted by atomic mass is 9.87. The number of rotatable bonds is 1. The number of nitrogen functional groups attached to an aromatic ring is 1. The lowest BCUT2D eigenvalue weighted by molar-refractivity contribution is 0.424. The van der Waals surface area contributed by atoms with Crippen LogP contribution < -0.4 is 11.3 Å². The van der Waals surface area contributed by atoms with Gasteiger partial charge in [0, 0.05) is 6.20 Å². The van der Waals surface area contributed by atoms with E-state index in [9.17, 15) is 0 Å². The molecule has 0 aliphatic carbocycles. The Kier molecular flexibility index (Phi) is 2.07. The quantitative estimate of drug-likeness (QED) is 0.407. The maximum Gasteiger partial charge on any atom is 0.509 e. The van der Waals surface area contributed by atoms with Crippen LogP contribution in [0.4, 0.5) is 5.82 Å². The van der Waals surface area contributed by atoms with E-state index in [1.165, 1.54) is 6.20 Å². The van der Waals surface area contributed by atoms with Gasteiger partial charge in [-0.25, -0.2) is 4.98 Å². The first kappa shape index (κ1) is 7.97. The predicted octanol–water partition coefficient (Wildman–Crippen LogP) is -1.95. The van der Waals surface area contributed by atoms with Crippen LogP contribution in [0.25, 0.3) is 0 Å². The van der Waals surface area contributed by atoms with Crippen molar-refractivity contribution in [3.63, 3.8) is 0 Å². The molecular weight excluding hydrogens is 145 g/mol. The molecule has 1 aromatic rings. The lowest BCUT2D eigenvalue weighted by Gasteiger charge is -2.00. The molecule has 1 aromatic heterocycles. The molecule has 0 bridgehead atoms. The Morgan fingerprint density at radius 3 is 2.64 bits per heavy atom. The van der Waals surface area contributed by atoms with Gasteiger partial charge in [0.05, 0.1) is 11.3 Å². The third-order valence-electron chi connectivity index (χ3n) is 1.27. The second-order valence-electron chi connectivity index (χ2n) is 2.14. The lowest BCUT2D eigenvalue weighted by Crippen LogP contribution is -2.33. The van der Waals surface area contributed by atoms with E-state index in [1.54, 1.807) is 6.92 Å². The average molecular weight is 153 g/mol. The van der Waals surface area contributed by atoms with Crippen LogP contribution >= 0.6 is 0 Å². The Morgan fingerprint density at radius 2 is 2.18 bits per heavy atom. The summed E-state index contributed by atoms with van der Waals surface area (Å²) in [5.41, 5.74) is 5.96. The highest BCUT2D eigenvalue weighted by Crippen LogP contribution is 1.97. The number of nitrogens with two attached hydrogens (primary N) is 1. The second-order valence-corrected chi connectivity index (χ2v) is 2.14. The molecular formula is C5H8BN3O2. The molecule has 0 spiro atoms. The van der Waals surface area contributed by atoms with Gasteiger partial charge in [0.15, 0.2) is 0 Å². The van der Waals surface area contributed by atoms with Crippen molar-refractivity contribution in [3.8, 4) is 0 Å². The SMILES string of the molecule is Cc1nc(B(O)O)cnc1N. The fourth-order valence-corrected chi connectivity index (χ4v) is 0.633. The molecule has 0 aliphatic heterocycles. The van der Waals surface area contributed by atoms with Crippen LogP contribution in [-0.2, 0) is 0 Å². The Morgan fingerprint density at radius 1 is 1.55 bits per heavy atom. The van der Waals surface area contributed by atoms with Gasteiger partial charge in [-0.3, -0.25) is 4.98 Å². The van der Waals surface area contributed by atoms with Crippen LogP contribution in [-0.4, -0.2) is 27.1 Å². The van der Waals surface area contributed by atoms with Crippen molar-refractivity contribution < 1.29 is 10.0 Å². The summed E-state index contributed by atoms with van der Waals surface area (Å²) in [6.45, 7) is 1.65. The smallest absolute Gasteiger partial charge is 0.422 e. The van der Waals surface area contributed by atoms with Gasteiger partial charge in [-0.05, 0) is 6.92 Å². The van der Waals surface area contributed by atoms with E-state index in [0.29, 0.717) is 11.5 Å². The highest BCUT2D eigenvalue weighted by molar-refractivity contribution is 6.57. The van der Waals surface area contributed by atoms with E-state index in [1.807, 2.05) is 0 Å². The maximum atomic E-state index is 8.65. The summed E-state index contributed by atoms with van der Waals surface area (Å²) >= 11 is 0. The molecule has 0 aromatic carbocycles. The number of anilines is 1. The van der Waals surface area contributed by atoms with Gasteiger partial charge in [-0.1, -0.05) is 0 Å². The Balaban J connectivity index is 3.05. The van der Waals surface area contributed by atoms with E-state index in [0.717, 1.165) is 0 Å². The normalized spacial score (nSPS) is 9.73. The van der Waals surface area contributed by atoms with E-state index in [2.05, 4.69) is 9.97 Å². The number of hydrogen-bond donors (Lipinski definition) is 3. The number of hydrogen-bond acceptors (Lipinski definition) is 5. The summed E-state index contributed by atoms with van der Waals surface area (Å²) in [6, 6.07) is 0. The molecule has 0 unspecified atom stereocenters. The molecule has 0 atom stereocenters. The van der Waals surface area contributed by atoms with Gasteiger partial charge in [-0.2, -0.15) is 0 Å². The molecule has 0 radical (unpaired) electrons. The summed E-state index contributed by atoms with van der Waals surface area (Å²) in [5.74, 6) is 0.300. The van der Waals surface area contributed by atoms with Crippen molar-refractivity contribution >= 4 is 18.5 Å². The van der Waals surface area contributed by atoms with E-state index in [4.69, 9.17) is 15.8 Å². The molecule has 58 valence electrons. The van der Waals surface area contributed by atoms with Crippen molar-refractivity contribution in [2.24, 2.45) is 0 Å². The summed E-state index contributed by atoms with van der Waals surface area (Å²) in [7, 11) is -1.58. The van der Waals surface area contributed by atoms with Crippen LogP contribution in [0.1, 0.15) is 5.69 Å². The largest absolute Gasteiger partial charge is 0.509 e. The zero-order valence-electron chi connectivity index (χ0n) is 6.02. The first-order valence-electron chi connectivity index (χ1n) is 3.06. The predicted molar refractivity (Wildman–Crippen MR) is 41.0 cm³/mol. The summed E-state index contributed by atoms with van der Waals surface area (Å²) < 4.78 is 0. The molecule has 0 fully saturated rings. The summed E-state index contributed by atoms with van der Waals surface area (Å²) in [5, 5.41) is 17.3. The van der Waals surface area contributed by atoms with Gasteiger partial charge in [-0.15, -0.1) is 0 Å². The summed E-state index contributed by atoms with van der Waals surface area (Å²) in [6.07, 6.45) is 1.23. The maximum absolute atomic E-state index is 8.65. The third kappa shape index (κ3) is 1.66. The minimum Gasteiger partial charge on any atom is -0.422 e. The molecule has 1 heterocycles. The second kappa shape index (κ2) is 2.85. The fourth-order valence-electron chi connectivity index (χ4n) is 0.633. The van der Waals surface area contributed by atoms with Crippen LogP contribution in [0, 0.1) is 6.92 Å². The van der Waals surface area contributed by atoms with Crippen molar-refractivity contribution in [2.75, 3.05) is 5.73 Å². The molecule has 0 saturated carbocycles. The van der Waals surface area contributed by atoms with E-state index >= 15 is 0 Å². The van der Waals surface area contributed by atoms with Crippen LogP contribution in [0.5, 0.6) is 0 Å². The third-order valence-corrected chi connectivity index (χ3v) is 1.27. The molecule has 6 heteroatoms. The molecule has 0 amide bonds. The molecule has 1 rings (SSSR count). The van der Waals surface area contributed by atoms with Crippen molar-refractivity contribution in [1.29, 1.82) is 0 Å².